The monoisotopic (exact) mass is 215 g/mol. The Kier molecular flexibility index (Phi) is 5.67. The first-order chi connectivity index (χ1) is 7.81. The number of benzene rings is 1. The molecule has 0 bridgehead atoms. The van der Waals surface area contributed by atoms with Gasteiger partial charge in [-0.25, -0.2) is 0 Å². The van der Waals surface area contributed by atoms with Crippen LogP contribution in [0, 0.1) is 11.8 Å². The van der Waals surface area contributed by atoms with Crippen LogP contribution in [-0.2, 0) is 6.42 Å². The maximum Gasteiger partial charge on any atom is 0.0430 e. The summed E-state index contributed by atoms with van der Waals surface area (Å²) in [5.41, 5.74) is 2.72. The third kappa shape index (κ3) is 3.72. The molecule has 1 rings (SSSR count). The fourth-order valence-corrected chi connectivity index (χ4v) is 1.74. The van der Waals surface area contributed by atoms with E-state index in [0.717, 1.165) is 19.4 Å². The first kappa shape index (κ1) is 12.8. The molecule has 16 heavy (non-hydrogen) atoms. The predicted molar refractivity (Wildman–Crippen MR) is 70.3 cm³/mol. The topological polar surface area (TPSA) is 12.0 Å². The zero-order valence-corrected chi connectivity index (χ0v) is 10.5. The molecule has 1 unspecified atom stereocenters. The van der Waals surface area contributed by atoms with Gasteiger partial charge in [-0.05, 0) is 31.0 Å². The Balaban J connectivity index is 2.77. The second-order valence-corrected chi connectivity index (χ2v) is 3.84. The van der Waals surface area contributed by atoms with E-state index in [1.165, 1.54) is 11.1 Å². The second-order valence-electron chi connectivity index (χ2n) is 3.84. The Labute approximate surface area is 99.3 Å². The van der Waals surface area contributed by atoms with Gasteiger partial charge in [0.1, 0.15) is 0 Å². The fraction of sp³-hybridized carbons (Fsp3) is 0.467. The fourth-order valence-electron chi connectivity index (χ4n) is 1.74. The minimum absolute atomic E-state index is 0.364. The average Bonchev–Trinajstić information content (AvgIpc) is 2.35. The molecular formula is C15H21N. The van der Waals surface area contributed by atoms with Crippen molar-refractivity contribution in [2.75, 3.05) is 6.54 Å². The lowest BCUT2D eigenvalue weighted by Gasteiger charge is -2.16. The van der Waals surface area contributed by atoms with Crippen LogP contribution in [0.15, 0.2) is 24.3 Å². The normalized spacial score (nSPS) is 11.7. The lowest BCUT2D eigenvalue weighted by Crippen LogP contribution is -2.20. The van der Waals surface area contributed by atoms with Crippen LogP contribution >= 0.6 is 0 Å². The van der Waals surface area contributed by atoms with E-state index in [-0.39, 0.29) is 0 Å². The Morgan fingerprint density at radius 2 is 1.88 bits per heavy atom. The lowest BCUT2D eigenvalue weighted by atomic mass is 10.0. The van der Waals surface area contributed by atoms with Crippen LogP contribution in [0.25, 0.3) is 0 Å². The summed E-state index contributed by atoms with van der Waals surface area (Å²) >= 11 is 0. The van der Waals surface area contributed by atoms with Gasteiger partial charge in [0.05, 0.1) is 0 Å². The molecule has 1 heteroatoms. The van der Waals surface area contributed by atoms with Gasteiger partial charge >= 0.3 is 0 Å². The van der Waals surface area contributed by atoms with Crippen molar-refractivity contribution in [3.8, 4) is 11.8 Å². The number of hydrogen-bond donors (Lipinski definition) is 1. The molecule has 0 amide bonds. The van der Waals surface area contributed by atoms with Crippen LogP contribution in [0.2, 0.25) is 0 Å². The molecule has 0 aliphatic heterocycles. The average molecular weight is 215 g/mol. The highest BCUT2D eigenvalue weighted by atomic mass is 14.9. The summed E-state index contributed by atoms with van der Waals surface area (Å²) in [4.78, 5) is 0. The van der Waals surface area contributed by atoms with Gasteiger partial charge in [0.15, 0.2) is 0 Å². The number of nitrogens with one attached hydrogen (secondary N) is 1. The summed E-state index contributed by atoms with van der Waals surface area (Å²) < 4.78 is 0. The number of rotatable bonds is 5. The smallest absolute Gasteiger partial charge is 0.0430 e. The number of hydrogen-bond acceptors (Lipinski definition) is 1. The van der Waals surface area contributed by atoms with Gasteiger partial charge in [-0.1, -0.05) is 38.1 Å². The van der Waals surface area contributed by atoms with Crippen molar-refractivity contribution >= 4 is 0 Å². The van der Waals surface area contributed by atoms with Gasteiger partial charge in [-0.2, -0.15) is 0 Å². The van der Waals surface area contributed by atoms with Gasteiger partial charge < -0.3 is 5.32 Å². The largest absolute Gasteiger partial charge is 0.309 e. The first-order valence-corrected chi connectivity index (χ1v) is 6.03. The molecule has 0 heterocycles. The van der Waals surface area contributed by atoms with Gasteiger partial charge in [-0.3, -0.25) is 0 Å². The molecule has 0 aliphatic rings. The highest BCUT2D eigenvalue weighted by molar-refractivity contribution is 5.26. The van der Waals surface area contributed by atoms with Gasteiger partial charge in [0.25, 0.3) is 0 Å². The van der Waals surface area contributed by atoms with Crippen molar-refractivity contribution in [3.05, 3.63) is 35.4 Å². The molecule has 86 valence electrons. The van der Waals surface area contributed by atoms with Crippen molar-refractivity contribution < 1.29 is 0 Å². The van der Waals surface area contributed by atoms with Crippen LogP contribution in [-0.4, -0.2) is 6.54 Å². The highest BCUT2D eigenvalue weighted by Crippen LogP contribution is 2.17. The molecular weight excluding hydrogens is 194 g/mol. The molecule has 0 saturated heterocycles. The third-order valence-corrected chi connectivity index (χ3v) is 2.72. The van der Waals surface area contributed by atoms with Gasteiger partial charge in [0, 0.05) is 12.5 Å². The van der Waals surface area contributed by atoms with Crippen molar-refractivity contribution in [1.82, 2.24) is 5.32 Å². The molecule has 0 aromatic heterocycles. The van der Waals surface area contributed by atoms with Crippen LogP contribution in [0.3, 0.4) is 0 Å². The maximum atomic E-state index is 3.47. The molecule has 0 spiro atoms. The number of aryl methyl sites for hydroxylation is 1. The molecule has 1 aromatic rings. The summed E-state index contributed by atoms with van der Waals surface area (Å²) in [6.45, 7) is 7.18. The molecule has 1 aromatic carbocycles. The summed E-state index contributed by atoms with van der Waals surface area (Å²) in [6.07, 6.45) is 1.98. The van der Waals surface area contributed by atoms with Crippen LogP contribution in [0.1, 0.15) is 44.4 Å². The van der Waals surface area contributed by atoms with E-state index in [1.807, 2.05) is 6.92 Å². The predicted octanol–water partition coefficient (Wildman–Crippen LogP) is 3.31. The second kappa shape index (κ2) is 7.09. The summed E-state index contributed by atoms with van der Waals surface area (Å²) in [6, 6.07) is 9.20. The highest BCUT2D eigenvalue weighted by Gasteiger charge is 2.07. The first-order valence-electron chi connectivity index (χ1n) is 6.03. The Bertz CT molecular complexity index is 353. The third-order valence-electron chi connectivity index (χ3n) is 2.72. The van der Waals surface area contributed by atoms with E-state index in [0.29, 0.717) is 6.04 Å². The van der Waals surface area contributed by atoms with Crippen molar-refractivity contribution in [2.24, 2.45) is 0 Å². The van der Waals surface area contributed by atoms with Crippen molar-refractivity contribution in [1.29, 1.82) is 0 Å². The van der Waals surface area contributed by atoms with Gasteiger partial charge in [0.2, 0.25) is 0 Å². The van der Waals surface area contributed by atoms with E-state index >= 15 is 0 Å². The quantitative estimate of drug-likeness (QED) is 0.743. The summed E-state index contributed by atoms with van der Waals surface area (Å²) in [7, 11) is 0. The molecule has 0 aliphatic carbocycles. The molecule has 0 radical (unpaired) electrons. The minimum atomic E-state index is 0.364. The Morgan fingerprint density at radius 1 is 1.19 bits per heavy atom. The van der Waals surface area contributed by atoms with Crippen LogP contribution < -0.4 is 5.32 Å². The Morgan fingerprint density at radius 3 is 2.38 bits per heavy atom. The van der Waals surface area contributed by atoms with E-state index in [4.69, 9.17) is 0 Å². The minimum Gasteiger partial charge on any atom is -0.309 e. The van der Waals surface area contributed by atoms with E-state index in [1.54, 1.807) is 0 Å². The summed E-state index contributed by atoms with van der Waals surface area (Å²) in [5.74, 6) is 6.11. The standard InChI is InChI=1S/C15H21N/c1-4-7-8-15(16-6-3)14-11-9-13(5-2)10-12-14/h9-12,15-16H,5-6,8H2,1-3H3. The van der Waals surface area contributed by atoms with Crippen LogP contribution in [0.4, 0.5) is 0 Å². The molecule has 1 atom stereocenters. The molecule has 1 nitrogen and oxygen atoms in total. The molecule has 0 fully saturated rings. The molecule has 0 saturated carbocycles. The lowest BCUT2D eigenvalue weighted by molar-refractivity contribution is 0.565. The SMILES string of the molecule is CC#CCC(NCC)c1ccc(CC)cc1. The van der Waals surface area contributed by atoms with E-state index in [9.17, 15) is 0 Å². The maximum absolute atomic E-state index is 3.47. The van der Waals surface area contributed by atoms with Crippen molar-refractivity contribution in [2.45, 2.75) is 39.7 Å². The van der Waals surface area contributed by atoms with Crippen molar-refractivity contribution in [3.63, 3.8) is 0 Å². The van der Waals surface area contributed by atoms with Gasteiger partial charge in [-0.15, -0.1) is 11.8 Å². The van der Waals surface area contributed by atoms with E-state index < -0.39 is 0 Å². The summed E-state index contributed by atoms with van der Waals surface area (Å²) in [5, 5.41) is 3.47. The molecule has 1 N–H and O–H groups in total. The van der Waals surface area contributed by atoms with Crippen LogP contribution in [0.5, 0.6) is 0 Å². The zero-order valence-electron chi connectivity index (χ0n) is 10.5. The van der Waals surface area contributed by atoms with E-state index in [2.05, 4.69) is 55.3 Å². The zero-order chi connectivity index (χ0) is 11.8. The Hall–Kier alpha value is -1.26.